The van der Waals surface area contributed by atoms with E-state index >= 15 is 0 Å². The first-order valence-electron chi connectivity index (χ1n) is 8.03. The average molecular weight is 389 g/mol. The molecule has 1 aliphatic heterocycles. The van der Waals surface area contributed by atoms with E-state index in [1.165, 1.54) is 16.4 Å². The summed E-state index contributed by atoms with van der Waals surface area (Å²) < 4.78 is 70.1. The largest absolute Gasteiger partial charge is 0.573 e. The average Bonchev–Trinajstić information content (AvgIpc) is 3.00. The molecule has 0 amide bonds. The minimum absolute atomic E-state index is 0.227. The molecule has 1 aromatic heterocycles. The second kappa shape index (κ2) is 6.92. The summed E-state index contributed by atoms with van der Waals surface area (Å²) in [6.07, 6.45) is 0.663. The third kappa shape index (κ3) is 4.01. The molecule has 0 aliphatic carbocycles. The summed E-state index contributed by atoms with van der Waals surface area (Å²) in [4.78, 5) is -0.227. The van der Waals surface area contributed by atoms with Crippen molar-refractivity contribution in [2.75, 3.05) is 6.54 Å². The van der Waals surface area contributed by atoms with Crippen LogP contribution < -0.4 is 4.74 Å². The highest BCUT2D eigenvalue weighted by Gasteiger charge is 2.36. The summed E-state index contributed by atoms with van der Waals surface area (Å²) >= 11 is 0. The van der Waals surface area contributed by atoms with Crippen molar-refractivity contribution in [2.24, 2.45) is 7.05 Å². The maximum absolute atomic E-state index is 13.1. The van der Waals surface area contributed by atoms with Gasteiger partial charge in [-0.15, -0.1) is 13.2 Å². The molecular formula is C16H18F3N3O3S. The summed E-state index contributed by atoms with van der Waals surface area (Å²) in [5.41, 5.74) is 0.762. The Bertz CT molecular complexity index is 880. The zero-order chi connectivity index (χ0) is 18.9. The van der Waals surface area contributed by atoms with Crippen LogP contribution in [0.1, 0.15) is 30.9 Å². The molecular weight excluding hydrogens is 371 g/mol. The summed E-state index contributed by atoms with van der Waals surface area (Å²) in [6, 6.07) is 4.08. The molecule has 142 valence electrons. The van der Waals surface area contributed by atoms with E-state index in [9.17, 15) is 21.6 Å². The molecule has 1 atom stereocenters. The third-order valence-corrected chi connectivity index (χ3v) is 6.11. The molecule has 1 fully saturated rings. The number of alkyl halides is 3. The van der Waals surface area contributed by atoms with Gasteiger partial charge in [0.2, 0.25) is 10.0 Å². The number of benzene rings is 1. The van der Waals surface area contributed by atoms with Crippen LogP contribution in [0.2, 0.25) is 0 Å². The summed E-state index contributed by atoms with van der Waals surface area (Å²) in [6.45, 7) is 0.298. The third-order valence-electron chi connectivity index (χ3n) is 4.21. The normalized spacial score (nSPS) is 19.5. The molecule has 1 aliphatic rings. The SMILES string of the molecule is Cn1cc(C2CCCCN2S(=O)(=O)c2cccc(OC(F)(F)F)c2)cn1. The summed E-state index contributed by atoms with van der Waals surface area (Å²) in [5.74, 6) is -0.562. The second-order valence-electron chi connectivity index (χ2n) is 6.10. The van der Waals surface area contributed by atoms with Gasteiger partial charge in [-0.25, -0.2) is 8.42 Å². The van der Waals surface area contributed by atoms with Crippen LogP contribution in [0.4, 0.5) is 13.2 Å². The van der Waals surface area contributed by atoms with Gasteiger partial charge in [0.25, 0.3) is 0 Å². The summed E-state index contributed by atoms with van der Waals surface area (Å²) in [5, 5.41) is 4.09. The Hall–Kier alpha value is -2.07. The number of nitrogens with zero attached hydrogens (tertiary/aromatic N) is 3. The number of hydrogen-bond donors (Lipinski definition) is 0. The Morgan fingerprint density at radius 3 is 2.69 bits per heavy atom. The van der Waals surface area contributed by atoms with Crippen LogP contribution in [0.3, 0.4) is 0 Å². The van der Waals surface area contributed by atoms with Crippen molar-refractivity contribution in [1.29, 1.82) is 0 Å². The number of aromatic nitrogens is 2. The van der Waals surface area contributed by atoms with Crippen LogP contribution in [0.5, 0.6) is 5.75 Å². The monoisotopic (exact) mass is 389 g/mol. The predicted molar refractivity (Wildman–Crippen MR) is 86.8 cm³/mol. The van der Waals surface area contributed by atoms with Crippen molar-refractivity contribution in [3.05, 3.63) is 42.2 Å². The van der Waals surface area contributed by atoms with Gasteiger partial charge in [0, 0.05) is 31.4 Å². The first-order valence-corrected chi connectivity index (χ1v) is 9.47. The second-order valence-corrected chi connectivity index (χ2v) is 7.99. The van der Waals surface area contributed by atoms with Crippen molar-refractivity contribution in [1.82, 2.24) is 14.1 Å². The Morgan fingerprint density at radius 1 is 1.27 bits per heavy atom. The lowest BCUT2D eigenvalue weighted by Gasteiger charge is -2.34. The van der Waals surface area contributed by atoms with Crippen LogP contribution in [-0.4, -0.2) is 35.4 Å². The number of aryl methyl sites for hydroxylation is 1. The van der Waals surface area contributed by atoms with E-state index in [1.807, 2.05) is 0 Å². The molecule has 0 spiro atoms. The van der Waals surface area contributed by atoms with Gasteiger partial charge in [-0.2, -0.15) is 9.40 Å². The van der Waals surface area contributed by atoms with Gasteiger partial charge in [-0.3, -0.25) is 4.68 Å². The Kier molecular flexibility index (Phi) is 4.98. The topological polar surface area (TPSA) is 64.4 Å². The van der Waals surface area contributed by atoms with Crippen LogP contribution in [0.25, 0.3) is 0 Å². The number of rotatable bonds is 4. The van der Waals surface area contributed by atoms with Gasteiger partial charge >= 0.3 is 6.36 Å². The van der Waals surface area contributed by atoms with Crippen molar-refractivity contribution in [3.63, 3.8) is 0 Å². The standard InChI is InChI=1S/C16H18F3N3O3S/c1-21-11-12(10-20-21)15-7-2-3-8-22(15)26(23,24)14-6-4-5-13(9-14)25-16(17,18)19/h4-6,9-11,15H,2-3,7-8H2,1H3. The smallest absolute Gasteiger partial charge is 0.406 e. The molecule has 1 unspecified atom stereocenters. The summed E-state index contributed by atoms with van der Waals surface area (Å²) in [7, 11) is -2.24. The lowest BCUT2D eigenvalue weighted by molar-refractivity contribution is -0.274. The van der Waals surface area contributed by atoms with Crippen molar-refractivity contribution >= 4 is 10.0 Å². The van der Waals surface area contributed by atoms with E-state index < -0.39 is 28.2 Å². The van der Waals surface area contributed by atoms with E-state index in [1.54, 1.807) is 24.1 Å². The van der Waals surface area contributed by atoms with E-state index in [0.717, 1.165) is 24.1 Å². The predicted octanol–water partition coefficient (Wildman–Crippen LogP) is 3.23. The minimum atomic E-state index is -4.88. The lowest BCUT2D eigenvalue weighted by atomic mass is 10.0. The zero-order valence-electron chi connectivity index (χ0n) is 14.0. The quantitative estimate of drug-likeness (QED) is 0.805. The fourth-order valence-corrected chi connectivity index (χ4v) is 4.82. The lowest BCUT2D eigenvalue weighted by Crippen LogP contribution is -2.38. The molecule has 10 heteroatoms. The van der Waals surface area contributed by atoms with Crippen molar-refractivity contribution < 1.29 is 26.3 Å². The number of piperidine rings is 1. The number of ether oxygens (including phenoxy) is 1. The molecule has 3 rings (SSSR count). The maximum atomic E-state index is 13.1. The highest BCUT2D eigenvalue weighted by molar-refractivity contribution is 7.89. The fraction of sp³-hybridized carbons (Fsp3) is 0.438. The number of hydrogen-bond acceptors (Lipinski definition) is 4. The van der Waals surface area contributed by atoms with Gasteiger partial charge in [0.1, 0.15) is 5.75 Å². The molecule has 1 aromatic carbocycles. The maximum Gasteiger partial charge on any atom is 0.573 e. The van der Waals surface area contributed by atoms with Gasteiger partial charge in [-0.1, -0.05) is 12.5 Å². The fourth-order valence-electron chi connectivity index (χ4n) is 3.11. The van der Waals surface area contributed by atoms with Crippen LogP contribution in [0.15, 0.2) is 41.6 Å². The van der Waals surface area contributed by atoms with Crippen LogP contribution >= 0.6 is 0 Å². The first-order chi connectivity index (χ1) is 12.2. The Balaban J connectivity index is 1.94. The molecule has 0 radical (unpaired) electrons. The Morgan fingerprint density at radius 2 is 2.04 bits per heavy atom. The highest BCUT2D eigenvalue weighted by atomic mass is 32.2. The number of sulfonamides is 1. The van der Waals surface area contributed by atoms with Gasteiger partial charge in [0.15, 0.2) is 0 Å². The molecule has 0 saturated carbocycles. The van der Waals surface area contributed by atoms with Gasteiger partial charge < -0.3 is 4.74 Å². The van der Waals surface area contributed by atoms with Gasteiger partial charge in [0.05, 0.1) is 17.1 Å². The van der Waals surface area contributed by atoms with Crippen molar-refractivity contribution in [2.45, 2.75) is 36.6 Å². The van der Waals surface area contributed by atoms with Crippen molar-refractivity contribution in [3.8, 4) is 5.75 Å². The zero-order valence-corrected chi connectivity index (χ0v) is 14.8. The molecule has 0 bridgehead atoms. The van der Waals surface area contributed by atoms with Crippen LogP contribution in [0, 0.1) is 0 Å². The molecule has 2 aromatic rings. The highest BCUT2D eigenvalue weighted by Crippen LogP contribution is 2.36. The van der Waals surface area contributed by atoms with E-state index in [-0.39, 0.29) is 4.90 Å². The van der Waals surface area contributed by atoms with E-state index in [4.69, 9.17) is 0 Å². The number of halogens is 3. The van der Waals surface area contributed by atoms with E-state index in [2.05, 4.69) is 9.84 Å². The molecule has 0 N–H and O–H groups in total. The molecule has 1 saturated heterocycles. The first kappa shape index (κ1) is 18.7. The minimum Gasteiger partial charge on any atom is -0.406 e. The molecule has 2 heterocycles. The van der Waals surface area contributed by atoms with Gasteiger partial charge in [-0.05, 0) is 25.0 Å². The van der Waals surface area contributed by atoms with E-state index in [0.29, 0.717) is 19.4 Å². The molecule has 6 nitrogen and oxygen atoms in total. The Labute approximate surface area is 149 Å². The van der Waals surface area contributed by atoms with Crippen LogP contribution in [-0.2, 0) is 17.1 Å². The molecule has 26 heavy (non-hydrogen) atoms.